The van der Waals surface area contributed by atoms with Gasteiger partial charge < -0.3 is 0 Å². The van der Waals surface area contributed by atoms with Crippen LogP contribution in [0.5, 0.6) is 0 Å². The Kier molecular flexibility index (Phi) is 3.48. The predicted molar refractivity (Wildman–Crippen MR) is 127 cm³/mol. The molecule has 29 heavy (non-hydrogen) atoms. The lowest BCUT2D eigenvalue weighted by molar-refractivity contribution is 1.53. The lowest BCUT2D eigenvalue weighted by atomic mass is 9.87. The van der Waals surface area contributed by atoms with Crippen LogP contribution >= 0.6 is 0 Å². The van der Waals surface area contributed by atoms with Gasteiger partial charge in [0.05, 0.1) is 0 Å². The summed E-state index contributed by atoms with van der Waals surface area (Å²) in [6.45, 7) is 2.20. The smallest absolute Gasteiger partial charge is 0.00204 e. The van der Waals surface area contributed by atoms with E-state index < -0.39 is 0 Å². The van der Waals surface area contributed by atoms with E-state index in [4.69, 9.17) is 0 Å². The van der Waals surface area contributed by atoms with Crippen LogP contribution in [-0.4, -0.2) is 0 Å². The van der Waals surface area contributed by atoms with Crippen molar-refractivity contribution in [2.45, 2.75) is 6.92 Å². The van der Waals surface area contributed by atoms with Crippen molar-refractivity contribution in [2.24, 2.45) is 0 Å². The summed E-state index contributed by atoms with van der Waals surface area (Å²) in [5, 5.41) is 10.5. The number of rotatable bonds is 1. The summed E-state index contributed by atoms with van der Waals surface area (Å²) in [5.74, 6) is 0. The van der Waals surface area contributed by atoms with Crippen molar-refractivity contribution in [3.05, 3.63) is 109 Å². The van der Waals surface area contributed by atoms with E-state index in [1.54, 1.807) is 0 Å². The van der Waals surface area contributed by atoms with Crippen molar-refractivity contribution < 1.29 is 0 Å². The number of fused-ring (bicyclic) bond motifs is 5. The average molecular weight is 368 g/mol. The molecule has 0 fully saturated rings. The van der Waals surface area contributed by atoms with Crippen molar-refractivity contribution in [2.75, 3.05) is 0 Å². The van der Waals surface area contributed by atoms with Crippen molar-refractivity contribution in [1.29, 1.82) is 0 Å². The number of hydrogen-bond acceptors (Lipinski definition) is 0. The zero-order valence-electron chi connectivity index (χ0n) is 16.3. The van der Waals surface area contributed by atoms with E-state index in [1.807, 2.05) is 0 Å². The van der Waals surface area contributed by atoms with Gasteiger partial charge in [0.15, 0.2) is 0 Å². The molecule has 0 aliphatic heterocycles. The lowest BCUT2D eigenvalue weighted by Crippen LogP contribution is -1.89. The Balaban J connectivity index is 1.88. The monoisotopic (exact) mass is 368 g/mol. The summed E-state index contributed by atoms with van der Waals surface area (Å²) >= 11 is 0. The molecule has 0 spiro atoms. The van der Waals surface area contributed by atoms with Crippen molar-refractivity contribution in [1.82, 2.24) is 0 Å². The second kappa shape index (κ2) is 6.18. The second-order valence-electron chi connectivity index (χ2n) is 7.83. The molecule has 6 aromatic carbocycles. The molecule has 0 radical (unpaired) electrons. The van der Waals surface area contributed by atoms with Crippen LogP contribution in [0.1, 0.15) is 5.56 Å². The quantitative estimate of drug-likeness (QED) is 0.202. The Hall–Kier alpha value is -3.64. The second-order valence-corrected chi connectivity index (χ2v) is 7.83. The zero-order chi connectivity index (χ0) is 19.4. The van der Waals surface area contributed by atoms with Crippen LogP contribution in [0, 0.1) is 6.92 Å². The van der Waals surface area contributed by atoms with Crippen LogP contribution in [0.3, 0.4) is 0 Å². The maximum absolute atomic E-state index is 2.35. The van der Waals surface area contributed by atoms with Crippen molar-refractivity contribution >= 4 is 43.1 Å². The average Bonchev–Trinajstić information content (AvgIpc) is 2.78. The molecule has 6 rings (SSSR count). The minimum Gasteiger partial charge on any atom is -0.0616 e. The van der Waals surface area contributed by atoms with Crippen molar-refractivity contribution in [3.63, 3.8) is 0 Å². The number of hydrogen-bond donors (Lipinski definition) is 0. The summed E-state index contributed by atoms with van der Waals surface area (Å²) in [7, 11) is 0. The van der Waals surface area contributed by atoms with Gasteiger partial charge in [-0.1, -0.05) is 97.1 Å². The topological polar surface area (TPSA) is 0 Å². The Bertz CT molecular complexity index is 1550. The van der Waals surface area contributed by atoms with Crippen LogP contribution in [0.4, 0.5) is 0 Å². The molecule has 0 aliphatic rings. The highest BCUT2D eigenvalue weighted by molar-refractivity contribution is 6.22. The van der Waals surface area contributed by atoms with E-state index in [2.05, 4.69) is 110 Å². The van der Waals surface area contributed by atoms with Crippen molar-refractivity contribution in [3.8, 4) is 11.1 Å². The van der Waals surface area contributed by atoms with E-state index in [1.165, 1.54) is 59.8 Å². The third kappa shape index (κ3) is 2.39. The third-order valence-corrected chi connectivity index (χ3v) is 6.18. The van der Waals surface area contributed by atoms with Gasteiger partial charge in [0, 0.05) is 0 Å². The molecule has 0 aromatic heterocycles. The Morgan fingerprint density at radius 2 is 1.07 bits per heavy atom. The summed E-state index contributed by atoms with van der Waals surface area (Å²) in [6.07, 6.45) is 0. The zero-order valence-corrected chi connectivity index (χ0v) is 16.3. The number of aryl methyl sites for hydroxylation is 1. The van der Waals surface area contributed by atoms with Crippen LogP contribution < -0.4 is 0 Å². The molecule has 0 heterocycles. The molecule has 136 valence electrons. The first-order valence-corrected chi connectivity index (χ1v) is 10.1. The lowest BCUT2D eigenvalue weighted by Gasteiger charge is -2.16. The molecule has 0 bridgehead atoms. The minimum absolute atomic E-state index is 1.29. The first-order valence-electron chi connectivity index (χ1n) is 10.1. The van der Waals surface area contributed by atoms with Gasteiger partial charge in [-0.25, -0.2) is 0 Å². The van der Waals surface area contributed by atoms with Gasteiger partial charge in [-0.05, 0) is 72.8 Å². The van der Waals surface area contributed by atoms with Crippen LogP contribution in [0.2, 0.25) is 0 Å². The van der Waals surface area contributed by atoms with Gasteiger partial charge >= 0.3 is 0 Å². The molecule has 0 nitrogen and oxygen atoms in total. The highest BCUT2D eigenvalue weighted by atomic mass is 14.2. The SMILES string of the molecule is Cc1ccc(-c2c3ccccc3cc3c2ccc2ccccc23)c2ccccc12. The molecule has 0 heteroatoms. The Morgan fingerprint density at radius 1 is 0.414 bits per heavy atom. The van der Waals surface area contributed by atoms with Crippen LogP contribution in [-0.2, 0) is 0 Å². The summed E-state index contributed by atoms with van der Waals surface area (Å²) < 4.78 is 0. The summed E-state index contributed by atoms with van der Waals surface area (Å²) in [5.41, 5.74) is 3.96. The molecular formula is C29H20. The van der Waals surface area contributed by atoms with Gasteiger partial charge in [0.25, 0.3) is 0 Å². The van der Waals surface area contributed by atoms with Crippen LogP contribution in [0.25, 0.3) is 54.2 Å². The standard InChI is InChI=1S/C29H20/c1-19-14-16-26(25-13-7-6-10-22(19)25)29-24-12-5-3-9-21(24)18-28-23-11-4-2-8-20(23)15-17-27(28)29/h2-18H,1H3. The van der Waals surface area contributed by atoms with Gasteiger partial charge in [0.2, 0.25) is 0 Å². The summed E-state index contributed by atoms with van der Waals surface area (Å²) in [4.78, 5) is 0. The predicted octanol–water partition coefficient (Wildman–Crippen LogP) is 8.27. The fourth-order valence-corrected chi connectivity index (χ4v) is 4.78. The maximum atomic E-state index is 2.35. The first-order chi connectivity index (χ1) is 14.3. The fourth-order valence-electron chi connectivity index (χ4n) is 4.78. The molecule has 0 unspecified atom stereocenters. The fraction of sp³-hybridized carbons (Fsp3) is 0.0345. The van der Waals surface area contributed by atoms with E-state index >= 15 is 0 Å². The largest absolute Gasteiger partial charge is 0.0616 e. The molecule has 0 saturated carbocycles. The molecule has 0 saturated heterocycles. The normalized spacial score (nSPS) is 11.6. The molecule has 0 N–H and O–H groups in total. The van der Waals surface area contributed by atoms with Gasteiger partial charge in [0.1, 0.15) is 0 Å². The molecule has 6 aromatic rings. The maximum Gasteiger partial charge on any atom is -0.00204 e. The Morgan fingerprint density at radius 3 is 1.90 bits per heavy atom. The highest BCUT2D eigenvalue weighted by Gasteiger charge is 2.14. The van der Waals surface area contributed by atoms with Crippen LogP contribution in [0.15, 0.2) is 103 Å². The molecular weight excluding hydrogens is 348 g/mol. The van der Waals surface area contributed by atoms with E-state index in [9.17, 15) is 0 Å². The summed E-state index contributed by atoms with van der Waals surface area (Å²) in [6, 6.07) is 37.7. The third-order valence-electron chi connectivity index (χ3n) is 6.18. The minimum atomic E-state index is 1.29. The number of benzene rings is 6. The van der Waals surface area contributed by atoms with E-state index in [0.29, 0.717) is 0 Å². The van der Waals surface area contributed by atoms with Gasteiger partial charge in [-0.3, -0.25) is 0 Å². The van der Waals surface area contributed by atoms with Gasteiger partial charge in [-0.2, -0.15) is 0 Å². The Labute approximate surface area is 170 Å². The van der Waals surface area contributed by atoms with Gasteiger partial charge in [-0.15, -0.1) is 0 Å². The molecule has 0 aliphatic carbocycles. The highest BCUT2D eigenvalue weighted by Crippen LogP contribution is 2.42. The molecule has 0 amide bonds. The first kappa shape index (κ1) is 16.3. The van der Waals surface area contributed by atoms with E-state index in [-0.39, 0.29) is 0 Å². The van der Waals surface area contributed by atoms with E-state index in [0.717, 1.165) is 0 Å². The molecule has 0 atom stereocenters.